The molecule has 0 saturated carbocycles. The normalized spacial score (nSPS) is 18.1. The van der Waals surface area contributed by atoms with E-state index in [0.29, 0.717) is 6.54 Å². The molecular formula is C19H21FN2O2. The number of para-hydroxylation sites is 1. The van der Waals surface area contributed by atoms with Crippen molar-refractivity contribution < 1.29 is 13.9 Å². The van der Waals surface area contributed by atoms with E-state index in [-0.39, 0.29) is 30.2 Å². The minimum atomic E-state index is -0.407. The van der Waals surface area contributed by atoms with Gasteiger partial charge in [0.2, 0.25) is 5.91 Å². The Balaban J connectivity index is 1.70. The average molecular weight is 328 g/mol. The second-order valence-electron chi connectivity index (χ2n) is 5.90. The zero-order valence-electron chi connectivity index (χ0n) is 13.4. The molecule has 2 aromatic rings. The number of rotatable bonds is 6. The standard InChI is InChI=1S/C19H21FN2O2/c20-16-8-4-5-9-18(16)24-13-17(14-6-2-1-3-7-14)22-19(23)15-10-11-21-12-15/h1-9,15,17,21H,10-13H2,(H,22,23)/t15-,17-/m0/s1. The van der Waals surface area contributed by atoms with Crippen molar-refractivity contribution >= 4 is 5.91 Å². The number of amides is 1. The Morgan fingerprint density at radius 1 is 1.21 bits per heavy atom. The first-order valence-electron chi connectivity index (χ1n) is 8.17. The van der Waals surface area contributed by atoms with Crippen molar-refractivity contribution in [3.63, 3.8) is 0 Å². The largest absolute Gasteiger partial charge is 0.488 e. The minimum Gasteiger partial charge on any atom is -0.488 e. The molecule has 0 radical (unpaired) electrons. The smallest absolute Gasteiger partial charge is 0.225 e. The molecule has 2 aromatic carbocycles. The van der Waals surface area contributed by atoms with E-state index < -0.39 is 5.82 Å². The fraction of sp³-hybridized carbons (Fsp3) is 0.316. The topological polar surface area (TPSA) is 50.4 Å². The van der Waals surface area contributed by atoms with Crippen molar-refractivity contribution in [3.05, 3.63) is 66.0 Å². The van der Waals surface area contributed by atoms with Gasteiger partial charge in [0.05, 0.1) is 12.0 Å². The number of halogens is 1. The Hall–Kier alpha value is -2.40. The molecule has 0 unspecified atom stereocenters. The molecule has 0 aromatic heterocycles. The third-order valence-corrected chi connectivity index (χ3v) is 4.19. The molecule has 1 aliphatic rings. The van der Waals surface area contributed by atoms with Gasteiger partial charge in [-0.3, -0.25) is 4.79 Å². The summed E-state index contributed by atoms with van der Waals surface area (Å²) in [5.74, 6) is -0.235. The summed E-state index contributed by atoms with van der Waals surface area (Å²) in [6, 6.07) is 15.6. The Labute approximate surface area is 141 Å². The van der Waals surface area contributed by atoms with E-state index in [9.17, 15) is 9.18 Å². The van der Waals surface area contributed by atoms with Gasteiger partial charge in [-0.2, -0.15) is 0 Å². The number of hydrogen-bond donors (Lipinski definition) is 2. The van der Waals surface area contributed by atoms with Crippen LogP contribution in [0, 0.1) is 11.7 Å². The lowest BCUT2D eigenvalue weighted by molar-refractivity contribution is -0.125. The van der Waals surface area contributed by atoms with E-state index in [1.807, 2.05) is 30.3 Å². The summed E-state index contributed by atoms with van der Waals surface area (Å²) in [6.45, 7) is 1.73. The van der Waals surface area contributed by atoms with Crippen LogP contribution < -0.4 is 15.4 Å². The number of ether oxygens (including phenoxy) is 1. The van der Waals surface area contributed by atoms with E-state index in [0.717, 1.165) is 18.5 Å². The number of carbonyl (C=O) groups is 1. The van der Waals surface area contributed by atoms with Crippen LogP contribution in [0.3, 0.4) is 0 Å². The molecule has 0 bridgehead atoms. The van der Waals surface area contributed by atoms with Crippen molar-refractivity contribution in [3.8, 4) is 5.75 Å². The Morgan fingerprint density at radius 3 is 2.67 bits per heavy atom. The monoisotopic (exact) mass is 328 g/mol. The molecule has 3 rings (SSSR count). The average Bonchev–Trinajstić information content (AvgIpc) is 3.15. The molecule has 2 N–H and O–H groups in total. The van der Waals surface area contributed by atoms with Crippen LogP contribution in [0.5, 0.6) is 5.75 Å². The zero-order chi connectivity index (χ0) is 16.8. The molecule has 1 heterocycles. The predicted octanol–water partition coefficient (Wildman–Crippen LogP) is 2.67. The van der Waals surface area contributed by atoms with E-state index in [4.69, 9.17) is 4.74 Å². The molecule has 5 heteroatoms. The first kappa shape index (κ1) is 16.5. The van der Waals surface area contributed by atoms with E-state index >= 15 is 0 Å². The number of nitrogens with one attached hydrogen (secondary N) is 2. The zero-order valence-corrected chi connectivity index (χ0v) is 13.4. The molecule has 1 saturated heterocycles. The molecule has 2 atom stereocenters. The summed E-state index contributed by atoms with van der Waals surface area (Å²) in [5, 5.41) is 6.23. The van der Waals surface area contributed by atoms with Gasteiger partial charge in [0.15, 0.2) is 11.6 Å². The second kappa shape index (κ2) is 7.93. The Kier molecular flexibility index (Phi) is 5.43. The Morgan fingerprint density at radius 2 is 1.96 bits per heavy atom. The van der Waals surface area contributed by atoms with Gasteiger partial charge in [-0.05, 0) is 30.7 Å². The molecule has 0 aliphatic carbocycles. The van der Waals surface area contributed by atoms with Gasteiger partial charge in [0.1, 0.15) is 6.61 Å². The highest BCUT2D eigenvalue weighted by Crippen LogP contribution is 2.20. The maximum atomic E-state index is 13.7. The maximum absolute atomic E-state index is 13.7. The third-order valence-electron chi connectivity index (χ3n) is 4.19. The highest BCUT2D eigenvalue weighted by molar-refractivity contribution is 5.79. The molecule has 1 aliphatic heterocycles. The third kappa shape index (κ3) is 4.11. The predicted molar refractivity (Wildman–Crippen MR) is 90.2 cm³/mol. The molecule has 1 fully saturated rings. The number of carbonyl (C=O) groups excluding carboxylic acids is 1. The Bertz CT molecular complexity index is 672. The molecule has 24 heavy (non-hydrogen) atoms. The SMILES string of the molecule is O=C(N[C@@H](COc1ccccc1F)c1ccccc1)[C@H]1CCNC1. The van der Waals surface area contributed by atoms with Crippen molar-refractivity contribution in [2.24, 2.45) is 5.92 Å². The lowest BCUT2D eigenvalue weighted by Gasteiger charge is -2.21. The van der Waals surface area contributed by atoms with Crippen LogP contribution in [0.25, 0.3) is 0 Å². The van der Waals surface area contributed by atoms with Crippen molar-refractivity contribution in [1.29, 1.82) is 0 Å². The molecule has 0 spiro atoms. The van der Waals surface area contributed by atoms with Gasteiger partial charge in [0, 0.05) is 6.54 Å². The van der Waals surface area contributed by atoms with Gasteiger partial charge >= 0.3 is 0 Å². The van der Waals surface area contributed by atoms with Crippen LogP contribution in [0.15, 0.2) is 54.6 Å². The second-order valence-corrected chi connectivity index (χ2v) is 5.90. The van der Waals surface area contributed by atoms with Gasteiger partial charge in [-0.25, -0.2) is 4.39 Å². The van der Waals surface area contributed by atoms with Gasteiger partial charge in [0.25, 0.3) is 0 Å². The summed E-state index contributed by atoms with van der Waals surface area (Å²) in [7, 11) is 0. The molecular weight excluding hydrogens is 307 g/mol. The number of benzene rings is 2. The fourth-order valence-corrected chi connectivity index (χ4v) is 2.81. The summed E-state index contributed by atoms with van der Waals surface area (Å²) in [6.07, 6.45) is 0.835. The van der Waals surface area contributed by atoms with Crippen molar-refractivity contribution in [2.45, 2.75) is 12.5 Å². The van der Waals surface area contributed by atoms with Crippen molar-refractivity contribution in [1.82, 2.24) is 10.6 Å². The van der Waals surface area contributed by atoms with Gasteiger partial charge in [-0.15, -0.1) is 0 Å². The van der Waals surface area contributed by atoms with E-state index in [1.54, 1.807) is 18.2 Å². The summed E-state index contributed by atoms with van der Waals surface area (Å²) in [5.41, 5.74) is 0.938. The lowest BCUT2D eigenvalue weighted by Crippen LogP contribution is -2.37. The lowest BCUT2D eigenvalue weighted by atomic mass is 10.0. The fourth-order valence-electron chi connectivity index (χ4n) is 2.81. The van der Waals surface area contributed by atoms with E-state index in [2.05, 4.69) is 10.6 Å². The first-order valence-corrected chi connectivity index (χ1v) is 8.17. The summed E-state index contributed by atoms with van der Waals surface area (Å²) >= 11 is 0. The van der Waals surface area contributed by atoms with Gasteiger partial charge < -0.3 is 15.4 Å². The minimum absolute atomic E-state index is 0.00554. The van der Waals surface area contributed by atoms with Crippen LogP contribution in [-0.2, 0) is 4.79 Å². The van der Waals surface area contributed by atoms with Crippen LogP contribution in [0.1, 0.15) is 18.0 Å². The maximum Gasteiger partial charge on any atom is 0.225 e. The van der Waals surface area contributed by atoms with Crippen molar-refractivity contribution in [2.75, 3.05) is 19.7 Å². The van der Waals surface area contributed by atoms with Gasteiger partial charge in [-0.1, -0.05) is 42.5 Å². The van der Waals surface area contributed by atoms with E-state index in [1.165, 1.54) is 6.07 Å². The van der Waals surface area contributed by atoms with Crippen LogP contribution >= 0.6 is 0 Å². The molecule has 126 valence electrons. The highest BCUT2D eigenvalue weighted by atomic mass is 19.1. The summed E-state index contributed by atoms with van der Waals surface area (Å²) in [4.78, 5) is 12.4. The molecule has 4 nitrogen and oxygen atoms in total. The summed E-state index contributed by atoms with van der Waals surface area (Å²) < 4.78 is 19.3. The number of hydrogen-bond acceptors (Lipinski definition) is 3. The first-order chi connectivity index (χ1) is 11.7. The quantitative estimate of drug-likeness (QED) is 0.857. The van der Waals surface area contributed by atoms with Crippen LogP contribution in [-0.4, -0.2) is 25.6 Å². The molecule has 1 amide bonds. The van der Waals surface area contributed by atoms with Crippen LogP contribution in [0.4, 0.5) is 4.39 Å². The highest BCUT2D eigenvalue weighted by Gasteiger charge is 2.25. The van der Waals surface area contributed by atoms with Crippen LogP contribution in [0.2, 0.25) is 0 Å².